The predicted molar refractivity (Wildman–Crippen MR) is 125 cm³/mol. The molecule has 148 valence electrons. The molecule has 0 saturated heterocycles. The Morgan fingerprint density at radius 2 is 2.00 bits per heavy atom. The quantitative estimate of drug-likeness (QED) is 0.220. The molecule has 0 bridgehead atoms. The lowest BCUT2D eigenvalue weighted by Crippen LogP contribution is -2.08. The number of nitrogen functional groups attached to an aromatic ring is 1. The number of rotatable bonds is 7. The molecule has 0 aliphatic heterocycles. The van der Waals surface area contributed by atoms with Crippen molar-refractivity contribution in [2.24, 2.45) is 5.73 Å². The molecule has 0 amide bonds. The Balaban J connectivity index is 1.73. The van der Waals surface area contributed by atoms with Gasteiger partial charge in [-0.2, -0.15) is 5.10 Å². The molecule has 29 heavy (non-hydrogen) atoms. The van der Waals surface area contributed by atoms with Gasteiger partial charge in [-0.05, 0) is 36.9 Å². The Labute approximate surface area is 182 Å². The highest BCUT2D eigenvalue weighted by atomic mass is 32.2. The van der Waals surface area contributed by atoms with Crippen LogP contribution in [-0.4, -0.2) is 26.9 Å². The first-order chi connectivity index (χ1) is 14.1. The number of hydrogen-bond donors (Lipinski definition) is 2. The summed E-state index contributed by atoms with van der Waals surface area (Å²) >= 11 is 4.79. The average molecular weight is 440 g/mol. The number of benzene rings is 1. The summed E-state index contributed by atoms with van der Waals surface area (Å²) in [5.74, 6) is 0.0964. The summed E-state index contributed by atoms with van der Waals surface area (Å²) in [5, 5.41) is 15.6. The van der Waals surface area contributed by atoms with Crippen LogP contribution in [0.4, 0.5) is 0 Å². The van der Waals surface area contributed by atoms with Crippen molar-refractivity contribution in [1.29, 1.82) is 5.41 Å². The second-order valence-corrected chi connectivity index (χ2v) is 9.47. The van der Waals surface area contributed by atoms with Gasteiger partial charge in [0.1, 0.15) is 22.2 Å². The molecule has 0 aliphatic rings. The van der Waals surface area contributed by atoms with Crippen molar-refractivity contribution in [2.75, 3.05) is 6.26 Å². The molecule has 8 heteroatoms. The van der Waals surface area contributed by atoms with E-state index in [4.69, 9.17) is 21.2 Å². The number of thioether (sulfide) groups is 1. The van der Waals surface area contributed by atoms with E-state index in [9.17, 15) is 0 Å². The van der Waals surface area contributed by atoms with E-state index >= 15 is 0 Å². The van der Waals surface area contributed by atoms with E-state index in [1.807, 2.05) is 35.2 Å². The van der Waals surface area contributed by atoms with Gasteiger partial charge >= 0.3 is 0 Å². The normalized spacial score (nSPS) is 11.1. The Kier molecular flexibility index (Phi) is 5.84. The van der Waals surface area contributed by atoms with E-state index in [1.165, 1.54) is 17.0 Å². The van der Waals surface area contributed by atoms with Crippen LogP contribution in [0.15, 0.2) is 52.1 Å². The van der Waals surface area contributed by atoms with Crippen LogP contribution < -0.4 is 5.73 Å². The van der Waals surface area contributed by atoms with Gasteiger partial charge in [0.05, 0.1) is 14.8 Å². The summed E-state index contributed by atoms with van der Waals surface area (Å²) in [4.78, 5) is 5.64. The number of amidine groups is 1. The van der Waals surface area contributed by atoms with Gasteiger partial charge in [-0.25, -0.2) is 9.67 Å². The van der Waals surface area contributed by atoms with Gasteiger partial charge in [0.25, 0.3) is 0 Å². The predicted octanol–water partition coefficient (Wildman–Crippen LogP) is 5.68. The van der Waals surface area contributed by atoms with Gasteiger partial charge in [0.15, 0.2) is 0 Å². The van der Waals surface area contributed by atoms with E-state index in [0.29, 0.717) is 0 Å². The molecule has 0 radical (unpaired) electrons. The van der Waals surface area contributed by atoms with Gasteiger partial charge in [-0.3, -0.25) is 5.41 Å². The molecule has 0 saturated carbocycles. The smallest absolute Gasteiger partial charge is 0.133 e. The van der Waals surface area contributed by atoms with Crippen molar-refractivity contribution in [1.82, 2.24) is 14.8 Å². The lowest BCUT2D eigenvalue weighted by atomic mass is 10.2. The molecule has 4 aromatic rings. The zero-order chi connectivity index (χ0) is 20.4. The van der Waals surface area contributed by atoms with Crippen LogP contribution in [0.3, 0.4) is 0 Å². The van der Waals surface area contributed by atoms with E-state index in [0.717, 1.165) is 49.6 Å². The molecule has 3 heterocycles. The largest absolute Gasteiger partial charge is 0.383 e. The van der Waals surface area contributed by atoms with Crippen LogP contribution in [0, 0.1) is 5.41 Å². The van der Waals surface area contributed by atoms with Gasteiger partial charge in [0, 0.05) is 16.6 Å². The van der Waals surface area contributed by atoms with Gasteiger partial charge in [-0.15, -0.1) is 34.4 Å². The molecular weight excluding hydrogens is 418 g/mol. The maximum absolute atomic E-state index is 7.72. The van der Waals surface area contributed by atoms with Crippen LogP contribution in [0.2, 0.25) is 0 Å². The second kappa shape index (κ2) is 8.52. The zero-order valence-corrected chi connectivity index (χ0v) is 18.6. The van der Waals surface area contributed by atoms with Crippen molar-refractivity contribution in [3.63, 3.8) is 0 Å². The number of para-hydroxylation sites is 1. The van der Waals surface area contributed by atoms with Gasteiger partial charge < -0.3 is 5.73 Å². The number of nitrogens with one attached hydrogen (secondary N) is 1. The number of thiophene rings is 1. The number of aromatic nitrogens is 3. The third-order valence-electron chi connectivity index (χ3n) is 4.44. The fraction of sp³-hybridized carbons (Fsp3) is 0.190. The molecule has 0 aliphatic carbocycles. The summed E-state index contributed by atoms with van der Waals surface area (Å²) in [6, 6.07) is 14.3. The van der Waals surface area contributed by atoms with Crippen molar-refractivity contribution >= 4 is 40.3 Å². The van der Waals surface area contributed by atoms with Crippen LogP contribution in [-0.2, 0) is 6.42 Å². The molecule has 0 unspecified atom stereocenters. The van der Waals surface area contributed by atoms with Crippen LogP contribution in [0.1, 0.15) is 23.9 Å². The number of nitrogens with zero attached hydrogens (tertiary/aromatic N) is 3. The van der Waals surface area contributed by atoms with E-state index in [-0.39, 0.29) is 5.84 Å². The highest BCUT2D eigenvalue weighted by Gasteiger charge is 2.18. The maximum atomic E-state index is 7.72. The van der Waals surface area contributed by atoms with E-state index < -0.39 is 0 Å². The Hall–Kier alpha value is -2.42. The first-order valence-corrected chi connectivity index (χ1v) is 12.2. The summed E-state index contributed by atoms with van der Waals surface area (Å²) in [6.45, 7) is 2.18. The topological polar surface area (TPSA) is 80.6 Å². The number of hydrogen-bond acceptors (Lipinski definition) is 6. The SMILES string of the molecule is CCCc1cc(-c2csc(-c3cc(C(=N)N)sc3SC)n2)nn1-c1ccccc1. The summed E-state index contributed by atoms with van der Waals surface area (Å²) < 4.78 is 3.14. The molecule has 3 N–H and O–H groups in total. The first kappa shape index (κ1) is 19.9. The van der Waals surface area contributed by atoms with Gasteiger partial charge in [0.2, 0.25) is 0 Å². The lowest BCUT2D eigenvalue weighted by Gasteiger charge is -2.05. The summed E-state index contributed by atoms with van der Waals surface area (Å²) in [6.07, 6.45) is 4.05. The van der Waals surface area contributed by atoms with Crippen molar-refractivity contribution in [3.05, 3.63) is 58.4 Å². The molecular formula is C21H21N5S3. The lowest BCUT2D eigenvalue weighted by molar-refractivity contribution is 0.776. The third-order valence-corrected chi connectivity index (χ3v) is 7.62. The van der Waals surface area contributed by atoms with Crippen molar-refractivity contribution in [2.45, 2.75) is 24.0 Å². The highest BCUT2D eigenvalue weighted by Crippen LogP contribution is 2.40. The van der Waals surface area contributed by atoms with Crippen LogP contribution in [0.25, 0.3) is 27.6 Å². The average Bonchev–Trinajstić information content (AvgIpc) is 3.46. The van der Waals surface area contributed by atoms with E-state index in [1.54, 1.807) is 23.1 Å². The fourth-order valence-electron chi connectivity index (χ4n) is 3.09. The molecule has 4 rings (SSSR count). The van der Waals surface area contributed by atoms with Crippen molar-refractivity contribution < 1.29 is 0 Å². The van der Waals surface area contributed by atoms with E-state index in [2.05, 4.69) is 30.5 Å². The molecule has 0 spiro atoms. The Morgan fingerprint density at radius 1 is 1.21 bits per heavy atom. The second-order valence-electron chi connectivity index (χ2n) is 6.49. The number of thiazole rings is 1. The maximum Gasteiger partial charge on any atom is 0.133 e. The van der Waals surface area contributed by atoms with Gasteiger partial charge in [-0.1, -0.05) is 31.5 Å². The minimum absolute atomic E-state index is 0.0964. The Bertz CT molecular complexity index is 1140. The third kappa shape index (κ3) is 4.01. The molecule has 1 aromatic carbocycles. The fourth-order valence-corrected chi connectivity index (χ4v) is 5.79. The first-order valence-electron chi connectivity index (χ1n) is 9.23. The summed E-state index contributed by atoms with van der Waals surface area (Å²) in [5.41, 5.74) is 10.7. The minimum Gasteiger partial charge on any atom is -0.383 e. The molecule has 0 atom stereocenters. The molecule has 0 fully saturated rings. The van der Waals surface area contributed by atoms with Crippen molar-refractivity contribution in [3.8, 4) is 27.6 Å². The van der Waals surface area contributed by atoms with Crippen LogP contribution in [0.5, 0.6) is 0 Å². The monoisotopic (exact) mass is 439 g/mol. The summed E-state index contributed by atoms with van der Waals surface area (Å²) in [7, 11) is 0. The minimum atomic E-state index is 0.0964. The standard InChI is InChI=1S/C21H21N5S3/c1-3-7-14-10-16(25-26(14)13-8-5-4-6-9-13)17-12-28-20(24-17)15-11-18(19(22)23)29-21(15)27-2/h4-6,8-12H,3,7H2,1-2H3,(H3,22,23). The molecule has 3 aromatic heterocycles. The van der Waals surface area contributed by atoms with Crippen LogP contribution >= 0.6 is 34.4 Å². The Morgan fingerprint density at radius 3 is 2.69 bits per heavy atom. The highest BCUT2D eigenvalue weighted by molar-refractivity contribution is 8.00. The zero-order valence-electron chi connectivity index (χ0n) is 16.2. The number of nitrogens with two attached hydrogens (primary N) is 1. The number of aryl methyl sites for hydroxylation is 1. The molecule has 5 nitrogen and oxygen atoms in total.